The second-order valence-corrected chi connectivity index (χ2v) is 13.5. The Balaban J connectivity index is 1.14. The first-order chi connectivity index (χ1) is 18.9. The third-order valence-electron chi connectivity index (χ3n) is 9.12. The number of benzene rings is 1. The van der Waals surface area contributed by atoms with Crippen molar-refractivity contribution in [3.8, 4) is 0 Å². The van der Waals surface area contributed by atoms with E-state index in [-0.39, 0.29) is 12.6 Å². The highest BCUT2D eigenvalue weighted by atomic mass is 32.2. The first kappa shape index (κ1) is 26.6. The number of aliphatic hydroxyl groups excluding tert-OH is 1. The Hall–Kier alpha value is -2.59. The Morgan fingerprint density at radius 1 is 0.974 bits per heavy atom. The van der Waals surface area contributed by atoms with Crippen molar-refractivity contribution in [2.75, 3.05) is 37.8 Å². The van der Waals surface area contributed by atoms with E-state index in [1.54, 1.807) is 0 Å². The molecule has 0 radical (unpaired) electrons. The van der Waals surface area contributed by atoms with Gasteiger partial charge in [0.1, 0.15) is 5.82 Å². The van der Waals surface area contributed by atoms with E-state index in [1.165, 1.54) is 35.4 Å². The molecular formula is C30H39N5O3S. The van der Waals surface area contributed by atoms with Crippen molar-refractivity contribution < 1.29 is 13.5 Å². The van der Waals surface area contributed by atoms with Gasteiger partial charge in [-0.1, -0.05) is 36.8 Å². The van der Waals surface area contributed by atoms with Crippen molar-refractivity contribution in [3.63, 3.8) is 0 Å². The molecule has 0 spiro atoms. The van der Waals surface area contributed by atoms with Gasteiger partial charge in [-0.3, -0.25) is 9.88 Å². The van der Waals surface area contributed by atoms with E-state index in [1.807, 2.05) is 18.5 Å². The molecule has 39 heavy (non-hydrogen) atoms. The van der Waals surface area contributed by atoms with Gasteiger partial charge in [-0.2, -0.15) is 4.31 Å². The standard InChI is InChI=1S/C30H39N5O3S/c1-39(37,38)35-17-13-26(28(36)20-35)33-29-18-25-23(19-32-29)10-14-31-30(25)22-11-15-34(16-12-22)27-9-5-8-24(27)21-6-3-2-4-7-21/h2-4,6-7,10,14,18-19,22,24,26-28,36H,5,8-9,11-13,15-17,20H2,1H3,(H,32,33)/t24-,26+,27-,28+/m0/s1. The van der Waals surface area contributed by atoms with Crippen LogP contribution < -0.4 is 5.32 Å². The molecule has 4 atom stereocenters. The number of β-amino-alcohol motifs (C(OH)–C–C–N with tert-alkyl or cyclic N) is 1. The number of likely N-dealkylation sites (tertiary alicyclic amines) is 1. The highest BCUT2D eigenvalue weighted by Crippen LogP contribution is 2.41. The van der Waals surface area contributed by atoms with Gasteiger partial charge in [0.25, 0.3) is 0 Å². The van der Waals surface area contributed by atoms with E-state index in [0.717, 1.165) is 42.4 Å². The molecule has 1 saturated carbocycles. The Morgan fingerprint density at radius 2 is 1.77 bits per heavy atom. The van der Waals surface area contributed by atoms with Crippen LogP contribution in [0.1, 0.15) is 61.6 Å². The van der Waals surface area contributed by atoms with E-state index < -0.39 is 16.1 Å². The molecular weight excluding hydrogens is 510 g/mol. The fraction of sp³-hybridized carbons (Fsp3) is 0.533. The van der Waals surface area contributed by atoms with Crippen molar-refractivity contribution in [1.29, 1.82) is 0 Å². The maximum atomic E-state index is 11.9. The molecule has 0 unspecified atom stereocenters. The van der Waals surface area contributed by atoms with Crippen LogP contribution in [0.25, 0.3) is 10.8 Å². The normalized spacial score (nSPS) is 27.6. The minimum absolute atomic E-state index is 0.0988. The third kappa shape index (κ3) is 5.68. The summed E-state index contributed by atoms with van der Waals surface area (Å²) in [4.78, 5) is 12.2. The first-order valence-corrected chi connectivity index (χ1v) is 16.1. The molecule has 0 bridgehead atoms. The lowest BCUT2D eigenvalue weighted by Gasteiger charge is -2.38. The zero-order valence-corrected chi connectivity index (χ0v) is 23.4. The van der Waals surface area contributed by atoms with Crippen LogP contribution in [-0.4, -0.2) is 83.3 Å². The number of nitrogens with one attached hydrogen (secondary N) is 1. The molecule has 2 saturated heterocycles. The Bertz CT molecular complexity index is 1390. The molecule has 3 aromatic rings. The summed E-state index contributed by atoms with van der Waals surface area (Å²) < 4.78 is 25.1. The van der Waals surface area contributed by atoms with Gasteiger partial charge in [-0.25, -0.2) is 13.4 Å². The van der Waals surface area contributed by atoms with E-state index >= 15 is 0 Å². The second-order valence-electron chi connectivity index (χ2n) is 11.5. The Morgan fingerprint density at radius 3 is 2.51 bits per heavy atom. The second kappa shape index (κ2) is 11.1. The lowest BCUT2D eigenvalue weighted by atomic mass is 9.87. The van der Waals surface area contributed by atoms with Crippen molar-refractivity contribution >= 4 is 26.6 Å². The molecule has 6 rings (SSSR count). The molecule has 1 aromatic carbocycles. The summed E-state index contributed by atoms with van der Waals surface area (Å²) in [5.74, 6) is 1.74. The zero-order valence-electron chi connectivity index (χ0n) is 22.6. The number of fused-ring (bicyclic) bond motifs is 1. The molecule has 9 heteroatoms. The predicted octanol–water partition coefficient (Wildman–Crippen LogP) is 3.95. The monoisotopic (exact) mass is 549 g/mol. The number of aromatic nitrogens is 2. The van der Waals surface area contributed by atoms with Gasteiger partial charge < -0.3 is 10.4 Å². The summed E-state index contributed by atoms with van der Waals surface area (Å²) in [5.41, 5.74) is 2.62. The molecule has 4 heterocycles. The molecule has 2 aromatic heterocycles. The smallest absolute Gasteiger partial charge is 0.211 e. The van der Waals surface area contributed by atoms with Crippen molar-refractivity contribution in [3.05, 3.63) is 66.1 Å². The summed E-state index contributed by atoms with van der Waals surface area (Å²) in [6, 6.07) is 15.5. The zero-order chi connectivity index (χ0) is 27.0. The number of hydrogen-bond acceptors (Lipinski definition) is 7. The fourth-order valence-corrected chi connectivity index (χ4v) is 7.89. The quantitative estimate of drug-likeness (QED) is 0.480. The molecule has 2 N–H and O–H groups in total. The van der Waals surface area contributed by atoms with Gasteiger partial charge in [0.2, 0.25) is 10.0 Å². The Kier molecular flexibility index (Phi) is 7.59. The topological polar surface area (TPSA) is 98.7 Å². The molecule has 208 valence electrons. The SMILES string of the molecule is CS(=O)(=O)N1CC[C@@H](Nc2cc3c(C4CCN([C@H]5CCC[C@H]5c5ccccc5)CC4)nccc3cn2)[C@H](O)C1. The van der Waals surface area contributed by atoms with Crippen molar-refractivity contribution in [2.24, 2.45) is 0 Å². The molecule has 3 fully saturated rings. The number of pyridine rings is 2. The fourth-order valence-electron chi connectivity index (χ4n) is 7.03. The van der Waals surface area contributed by atoms with E-state index in [9.17, 15) is 13.5 Å². The Labute approximate surface area is 231 Å². The largest absolute Gasteiger partial charge is 0.390 e. The van der Waals surface area contributed by atoms with Crippen molar-refractivity contribution in [1.82, 2.24) is 19.2 Å². The van der Waals surface area contributed by atoms with Gasteiger partial charge in [-0.05, 0) is 68.8 Å². The molecule has 3 aliphatic rings. The van der Waals surface area contributed by atoms with Crippen LogP contribution in [0.2, 0.25) is 0 Å². The minimum Gasteiger partial charge on any atom is -0.390 e. The van der Waals surface area contributed by atoms with Crippen LogP contribution >= 0.6 is 0 Å². The van der Waals surface area contributed by atoms with Crippen LogP contribution in [-0.2, 0) is 10.0 Å². The van der Waals surface area contributed by atoms with Gasteiger partial charge in [0.15, 0.2) is 0 Å². The van der Waals surface area contributed by atoms with E-state index in [4.69, 9.17) is 4.98 Å². The molecule has 8 nitrogen and oxygen atoms in total. The molecule has 1 aliphatic carbocycles. The summed E-state index contributed by atoms with van der Waals surface area (Å²) in [6.07, 6.45) is 10.8. The number of sulfonamides is 1. The highest BCUT2D eigenvalue weighted by molar-refractivity contribution is 7.88. The van der Waals surface area contributed by atoms with E-state index in [0.29, 0.717) is 36.7 Å². The van der Waals surface area contributed by atoms with Crippen molar-refractivity contribution in [2.45, 2.75) is 68.5 Å². The predicted molar refractivity (Wildman–Crippen MR) is 154 cm³/mol. The number of aliphatic hydroxyl groups is 1. The van der Waals surface area contributed by atoms with Crippen LogP contribution in [0, 0.1) is 0 Å². The van der Waals surface area contributed by atoms with Crippen LogP contribution in [0.3, 0.4) is 0 Å². The number of hydrogen-bond donors (Lipinski definition) is 2. The molecule has 2 aliphatic heterocycles. The first-order valence-electron chi connectivity index (χ1n) is 14.3. The number of nitrogens with zero attached hydrogens (tertiary/aromatic N) is 4. The summed E-state index contributed by atoms with van der Waals surface area (Å²) in [6.45, 7) is 2.68. The number of anilines is 1. The summed E-state index contributed by atoms with van der Waals surface area (Å²) in [5, 5.41) is 16.2. The van der Waals surface area contributed by atoms with Gasteiger partial charge in [0, 0.05) is 48.2 Å². The van der Waals surface area contributed by atoms with E-state index in [2.05, 4.69) is 51.6 Å². The third-order valence-corrected chi connectivity index (χ3v) is 10.4. The lowest BCUT2D eigenvalue weighted by Crippen LogP contribution is -2.51. The summed E-state index contributed by atoms with van der Waals surface area (Å²) in [7, 11) is -3.31. The average Bonchev–Trinajstić information content (AvgIpc) is 3.44. The number of rotatable bonds is 6. The van der Waals surface area contributed by atoms with Crippen LogP contribution in [0.4, 0.5) is 5.82 Å². The van der Waals surface area contributed by atoms with Gasteiger partial charge in [0.05, 0.1) is 24.1 Å². The number of piperidine rings is 2. The van der Waals surface area contributed by atoms with Crippen LogP contribution in [0.5, 0.6) is 0 Å². The minimum atomic E-state index is -3.31. The van der Waals surface area contributed by atoms with Gasteiger partial charge in [-0.15, -0.1) is 0 Å². The maximum Gasteiger partial charge on any atom is 0.211 e. The van der Waals surface area contributed by atoms with Crippen LogP contribution in [0.15, 0.2) is 54.9 Å². The van der Waals surface area contributed by atoms with Gasteiger partial charge >= 0.3 is 0 Å². The molecule has 0 amide bonds. The average molecular weight is 550 g/mol. The highest BCUT2D eigenvalue weighted by Gasteiger charge is 2.36. The summed E-state index contributed by atoms with van der Waals surface area (Å²) >= 11 is 0. The maximum absolute atomic E-state index is 11.9. The lowest BCUT2D eigenvalue weighted by molar-refractivity contribution is 0.0952.